The van der Waals surface area contributed by atoms with Gasteiger partial charge in [0.05, 0.1) is 11.4 Å². The molecule has 0 amide bonds. The molecule has 142 valence electrons. The van der Waals surface area contributed by atoms with Crippen LogP contribution in [-0.4, -0.2) is 17.3 Å². The number of fused-ring (bicyclic) bond motifs is 3. The van der Waals surface area contributed by atoms with E-state index >= 15 is 0 Å². The number of Topliss-reactive ketones (excluding diaryl/α,β-unsaturated/α-hetero) is 3. The third-order valence-electron chi connectivity index (χ3n) is 6.07. The molecule has 1 atom stereocenters. The minimum atomic E-state index is -0.595. The first-order valence-electron chi connectivity index (χ1n) is 9.79. The number of dihydropyridines is 1. The topological polar surface area (TPSA) is 63.2 Å². The molecule has 4 heteroatoms. The van der Waals surface area contributed by atoms with Gasteiger partial charge in [0, 0.05) is 39.3 Å². The molecule has 0 spiro atoms. The summed E-state index contributed by atoms with van der Waals surface area (Å²) < 4.78 is 0. The van der Waals surface area contributed by atoms with E-state index in [1.54, 1.807) is 30.3 Å². The molecule has 0 aromatic heterocycles. The van der Waals surface area contributed by atoms with Crippen molar-refractivity contribution in [2.45, 2.75) is 5.92 Å². The van der Waals surface area contributed by atoms with Crippen molar-refractivity contribution in [1.29, 1.82) is 0 Å². The lowest BCUT2D eigenvalue weighted by Crippen LogP contribution is -2.36. The second kappa shape index (κ2) is 5.97. The van der Waals surface area contributed by atoms with Crippen molar-refractivity contribution < 1.29 is 14.4 Å². The van der Waals surface area contributed by atoms with Gasteiger partial charge in [-0.25, -0.2) is 0 Å². The highest BCUT2D eigenvalue weighted by Gasteiger charge is 2.46. The van der Waals surface area contributed by atoms with E-state index in [4.69, 9.17) is 0 Å². The Labute approximate surface area is 172 Å². The monoisotopic (exact) mass is 389 g/mol. The zero-order valence-corrected chi connectivity index (χ0v) is 15.8. The largest absolute Gasteiger partial charge is 0.351 e. The van der Waals surface area contributed by atoms with E-state index in [2.05, 4.69) is 5.32 Å². The van der Waals surface area contributed by atoms with Gasteiger partial charge in [0.2, 0.25) is 5.78 Å². The van der Waals surface area contributed by atoms with Crippen molar-refractivity contribution in [3.63, 3.8) is 0 Å². The van der Waals surface area contributed by atoms with Gasteiger partial charge in [0.1, 0.15) is 0 Å². The van der Waals surface area contributed by atoms with Gasteiger partial charge in [-0.2, -0.15) is 0 Å². The van der Waals surface area contributed by atoms with Crippen molar-refractivity contribution in [3.8, 4) is 0 Å². The molecular weight excluding hydrogens is 374 g/mol. The number of benzene rings is 3. The molecule has 0 bridgehead atoms. The van der Waals surface area contributed by atoms with E-state index in [-0.39, 0.29) is 23.0 Å². The molecule has 2 aliphatic carbocycles. The Morgan fingerprint density at radius 2 is 0.967 bits per heavy atom. The van der Waals surface area contributed by atoms with E-state index < -0.39 is 5.92 Å². The lowest BCUT2D eigenvalue weighted by Gasteiger charge is -2.33. The molecule has 0 radical (unpaired) electrons. The fourth-order valence-electron chi connectivity index (χ4n) is 4.76. The van der Waals surface area contributed by atoms with E-state index in [9.17, 15) is 14.4 Å². The number of ketones is 3. The Hall–Kier alpha value is -4.05. The van der Waals surface area contributed by atoms with Gasteiger partial charge in [-0.05, 0) is 5.56 Å². The van der Waals surface area contributed by atoms with Gasteiger partial charge < -0.3 is 5.32 Å². The van der Waals surface area contributed by atoms with E-state index in [1.165, 1.54) is 0 Å². The third-order valence-corrected chi connectivity index (χ3v) is 6.07. The summed E-state index contributed by atoms with van der Waals surface area (Å²) >= 11 is 0. The average molecular weight is 389 g/mol. The predicted molar refractivity (Wildman–Crippen MR) is 112 cm³/mol. The van der Waals surface area contributed by atoms with Crippen LogP contribution in [0.1, 0.15) is 48.1 Å². The summed E-state index contributed by atoms with van der Waals surface area (Å²) in [5, 5.41) is 3.19. The molecule has 0 saturated carbocycles. The first-order valence-corrected chi connectivity index (χ1v) is 9.79. The standard InChI is InChI=1S/C26H15NO3/c28-24-16-11-5-4-10-15(16)22-20(24)19(14-8-2-1-3-9-14)21-23(27-22)26(30)18-13-7-6-12-17(18)25(21)29/h1-13,19,27H. The Balaban J connectivity index is 1.65. The van der Waals surface area contributed by atoms with Crippen LogP contribution in [0, 0.1) is 0 Å². The maximum absolute atomic E-state index is 13.6. The van der Waals surface area contributed by atoms with Crippen LogP contribution in [0.15, 0.2) is 95.7 Å². The number of hydrogen-bond donors (Lipinski definition) is 1. The van der Waals surface area contributed by atoms with Crippen LogP contribution in [-0.2, 0) is 0 Å². The van der Waals surface area contributed by atoms with E-state index in [1.807, 2.05) is 48.5 Å². The van der Waals surface area contributed by atoms with Gasteiger partial charge in [-0.1, -0.05) is 78.9 Å². The van der Waals surface area contributed by atoms with Crippen LogP contribution >= 0.6 is 0 Å². The summed E-state index contributed by atoms with van der Waals surface area (Å²) in [5.41, 5.74) is 4.74. The maximum Gasteiger partial charge on any atom is 0.210 e. The number of carbonyl (C=O) groups is 3. The van der Waals surface area contributed by atoms with Crippen LogP contribution < -0.4 is 5.32 Å². The molecule has 6 rings (SSSR count). The average Bonchev–Trinajstić information content (AvgIpc) is 3.09. The van der Waals surface area contributed by atoms with E-state index in [0.29, 0.717) is 33.5 Å². The molecule has 0 saturated heterocycles. The van der Waals surface area contributed by atoms with Crippen LogP contribution in [0.25, 0.3) is 5.70 Å². The maximum atomic E-state index is 13.6. The molecule has 1 aliphatic heterocycles. The Morgan fingerprint density at radius 3 is 1.60 bits per heavy atom. The fourth-order valence-corrected chi connectivity index (χ4v) is 4.76. The lowest BCUT2D eigenvalue weighted by molar-refractivity contribution is 0.0961. The van der Waals surface area contributed by atoms with Gasteiger partial charge in [-0.3, -0.25) is 14.4 Å². The zero-order chi connectivity index (χ0) is 20.4. The van der Waals surface area contributed by atoms with Gasteiger partial charge in [0.25, 0.3) is 0 Å². The molecular formula is C26H15NO3. The van der Waals surface area contributed by atoms with Crippen LogP contribution in [0.4, 0.5) is 0 Å². The number of nitrogens with one attached hydrogen (secondary N) is 1. The molecule has 3 aromatic rings. The summed E-state index contributed by atoms with van der Waals surface area (Å²) in [5.74, 6) is -1.13. The quantitative estimate of drug-likeness (QED) is 0.674. The minimum Gasteiger partial charge on any atom is -0.351 e. The molecule has 3 aliphatic rings. The Bertz CT molecular complexity index is 1360. The van der Waals surface area contributed by atoms with Crippen LogP contribution in [0.5, 0.6) is 0 Å². The number of hydrogen-bond acceptors (Lipinski definition) is 4. The summed E-state index contributed by atoms with van der Waals surface area (Å²) in [6.45, 7) is 0. The third kappa shape index (κ3) is 2.08. The Morgan fingerprint density at radius 1 is 0.500 bits per heavy atom. The smallest absolute Gasteiger partial charge is 0.210 e. The highest BCUT2D eigenvalue weighted by molar-refractivity contribution is 6.31. The number of carbonyl (C=O) groups excluding carboxylic acids is 3. The minimum absolute atomic E-state index is 0.104. The highest BCUT2D eigenvalue weighted by atomic mass is 16.1. The van der Waals surface area contributed by atoms with Gasteiger partial charge >= 0.3 is 0 Å². The first kappa shape index (κ1) is 16.9. The molecule has 1 unspecified atom stereocenters. The van der Waals surface area contributed by atoms with E-state index in [0.717, 1.165) is 11.1 Å². The molecule has 1 N–H and O–H groups in total. The fraction of sp³-hybridized carbons (Fsp3) is 0.0385. The van der Waals surface area contributed by atoms with Crippen LogP contribution in [0.2, 0.25) is 0 Å². The second-order valence-electron chi connectivity index (χ2n) is 7.62. The lowest BCUT2D eigenvalue weighted by atomic mass is 9.73. The first-order chi connectivity index (χ1) is 14.7. The molecule has 3 aromatic carbocycles. The second-order valence-corrected chi connectivity index (χ2v) is 7.62. The molecule has 30 heavy (non-hydrogen) atoms. The van der Waals surface area contributed by atoms with Crippen molar-refractivity contribution in [2.24, 2.45) is 0 Å². The van der Waals surface area contributed by atoms with Gasteiger partial charge in [-0.15, -0.1) is 0 Å². The number of rotatable bonds is 1. The van der Waals surface area contributed by atoms with Crippen molar-refractivity contribution >= 4 is 23.0 Å². The Kier molecular flexibility index (Phi) is 3.36. The van der Waals surface area contributed by atoms with Crippen molar-refractivity contribution in [2.75, 3.05) is 0 Å². The summed E-state index contributed by atoms with van der Waals surface area (Å²) in [7, 11) is 0. The molecule has 1 heterocycles. The molecule has 4 nitrogen and oxygen atoms in total. The summed E-state index contributed by atoms with van der Waals surface area (Å²) in [4.78, 5) is 40.3. The highest BCUT2D eigenvalue weighted by Crippen LogP contribution is 2.48. The SMILES string of the molecule is O=C1C2=C(C(=O)c3ccccc31)C(c1ccccc1)C1=C(N2)c2ccccc2C1=O. The normalized spacial score (nSPS) is 19.2. The predicted octanol–water partition coefficient (Wildman–Crippen LogP) is 4.31. The van der Waals surface area contributed by atoms with Gasteiger partial charge in [0.15, 0.2) is 11.6 Å². The van der Waals surface area contributed by atoms with Crippen molar-refractivity contribution in [1.82, 2.24) is 5.32 Å². The zero-order valence-electron chi connectivity index (χ0n) is 15.8. The van der Waals surface area contributed by atoms with Crippen LogP contribution in [0.3, 0.4) is 0 Å². The number of allylic oxidation sites excluding steroid dienone is 3. The summed E-state index contributed by atoms with van der Waals surface area (Å²) in [6, 6.07) is 23.7. The van der Waals surface area contributed by atoms with Crippen molar-refractivity contribution in [3.05, 3.63) is 124 Å². The summed E-state index contributed by atoms with van der Waals surface area (Å²) in [6.07, 6.45) is 0. The molecule has 0 fully saturated rings.